The Balaban J connectivity index is 0.00000200. The van der Waals surface area contributed by atoms with Crippen molar-refractivity contribution in [3.63, 3.8) is 0 Å². The Bertz CT molecular complexity index is 455. The van der Waals surface area contributed by atoms with E-state index in [1.807, 2.05) is 6.07 Å². The summed E-state index contributed by atoms with van der Waals surface area (Å²) in [4.78, 5) is 15.3. The van der Waals surface area contributed by atoms with Crippen molar-refractivity contribution >= 4 is 11.9 Å². The summed E-state index contributed by atoms with van der Waals surface area (Å²) < 4.78 is 0. The van der Waals surface area contributed by atoms with E-state index in [4.69, 9.17) is 0 Å². The number of benzene rings is 1. The van der Waals surface area contributed by atoms with E-state index in [1.165, 1.54) is 0 Å². The van der Waals surface area contributed by atoms with Crippen LogP contribution < -0.4 is 34.7 Å². The summed E-state index contributed by atoms with van der Waals surface area (Å²) in [5.41, 5.74) is 0.449. The van der Waals surface area contributed by atoms with E-state index >= 15 is 0 Å². The first-order valence-electron chi connectivity index (χ1n) is 6.71. The number of nitrogens with zero attached hydrogens (tertiary/aromatic N) is 1. The Morgan fingerprint density at radius 2 is 1.80 bits per heavy atom. The van der Waals surface area contributed by atoms with Crippen molar-refractivity contribution in [3.8, 4) is 0 Å². The molecule has 1 atom stereocenters. The maximum Gasteiger partial charge on any atom is 1.00 e. The van der Waals surface area contributed by atoms with E-state index < -0.39 is 17.9 Å². The minimum absolute atomic E-state index is 0. The van der Waals surface area contributed by atoms with Crippen molar-refractivity contribution < 1.29 is 44.6 Å². The number of hydrogen-bond donors (Lipinski definition) is 1. The van der Waals surface area contributed by atoms with Crippen LogP contribution >= 0.6 is 0 Å². The zero-order valence-electron chi connectivity index (χ0n) is 11.8. The van der Waals surface area contributed by atoms with Crippen LogP contribution in [-0.4, -0.2) is 23.0 Å². The monoisotopic (exact) mass is 283 g/mol. The van der Waals surface area contributed by atoms with E-state index in [-0.39, 0.29) is 35.5 Å². The minimum Gasteiger partial charge on any atom is -0.858 e. The van der Waals surface area contributed by atoms with E-state index in [0.717, 1.165) is 32.1 Å². The molecule has 0 unspecified atom stereocenters. The number of aliphatic imine (C=N–C) groups is 1. The molecule has 0 aliphatic heterocycles. The summed E-state index contributed by atoms with van der Waals surface area (Å²) in [7, 11) is 0. The predicted octanol–water partition coefficient (Wildman–Crippen LogP) is -1.17. The van der Waals surface area contributed by atoms with Gasteiger partial charge in [0.1, 0.15) is 6.04 Å². The normalized spacial score (nSPS) is 18.1. The molecule has 1 saturated carbocycles. The molecule has 1 aliphatic rings. The molecule has 1 aromatic carbocycles. The summed E-state index contributed by atoms with van der Waals surface area (Å²) in [6.07, 6.45) is 4.91. The van der Waals surface area contributed by atoms with Gasteiger partial charge in [0.15, 0.2) is 0 Å². The van der Waals surface area contributed by atoms with Crippen LogP contribution in [-0.2, 0) is 4.79 Å². The van der Waals surface area contributed by atoms with Gasteiger partial charge in [-0.25, -0.2) is 4.79 Å². The first-order valence-corrected chi connectivity index (χ1v) is 6.71. The van der Waals surface area contributed by atoms with Crippen LogP contribution in [0.1, 0.15) is 37.7 Å². The van der Waals surface area contributed by atoms with E-state index in [9.17, 15) is 15.0 Å². The number of carboxylic acids is 1. The van der Waals surface area contributed by atoms with Crippen molar-refractivity contribution in [3.05, 3.63) is 35.9 Å². The largest absolute Gasteiger partial charge is 1.00 e. The average Bonchev–Trinajstić information content (AvgIpc) is 2.46. The minimum atomic E-state index is -0.990. The number of rotatable bonds is 4. The second-order valence-corrected chi connectivity index (χ2v) is 4.98. The van der Waals surface area contributed by atoms with Crippen molar-refractivity contribution in [2.75, 3.05) is 0 Å². The van der Waals surface area contributed by atoms with Gasteiger partial charge < -0.3 is 10.2 Å². The van der Waals surface area contributed by atoms with E-state index in [0.29, 0.717) is 5.56 Å². The van der Waals surface area contributed by atoms with Gasteiger partial charge in [0.05, 0.1) is 0 Å². The smallest absolute Gasteiger partial charge is 0.858 e. The summed E-state index contributed by atoms with van der Waals surface area (Å²) in [6.45, 7) is 0. The predicted molar refractivity (Wildman–Crippen MR) is 71.0 cm³/mol. The molecule has 1 N–H and O–H groups in total. The van der Waals surface area contributed by atoms with Gasteiger partial charge in [0.2, 0.25) is 0 Å². The fourth-order valence-electron chi connectivity index (χ4n) is 2.59. The SMILES string of the molecule is O=C(O)[C@H](N=C([O-])c1ccccc1)C1CCCCC1.[Na+]. The zero-order chi connectivity index (χ0) is 13.7. The number of carbonyl (C=O) groups is 1. The molecule has 1 aliphatic carbocycles. The molecule has 5 heteroatoms. The van der Waals surface area contributed by atoms with Gasteiger partial charge in [0, 0.05) is 0 Å². The molecular formula is C15H18NNaO3. The maximum atomic E-state index is 12.0. The van der Waals surface area contributed by atoms with E-state index in [1.54, 1.807) is 24.3 Å². The van der Waals surface area contributed by atoms with Crippen molar-refractivity contribution in [1.29, 1.82) is 0 Å². The molecule has 2 rings (SSSR count). The van der Waals surface area contributed by atoms with Gasteiger partial charge in [0.25, 0.3) is 0 Å². The molecule has 1 aromatic rings. The molecule has 4 nitrogen and oxygen atoms in total. The van der Waals surface area contributed by atoms with Crippen LogP contribution in [0.2, 0.25) is 0 Å². The molecule has 0 heterocycles. The number of carboxylic acid groups (broad SMARTS) is 1. The second kappa shape index (κ2) is 8.45. The first kappa shape index (κ1) is 17.2. The van der Waals surface area contributed by atoms with Crippen LogP contribution in [0.3, 0.4) is 0 Å². The second-order valence-electron chi connectivity index (χ2n) is 4.98. The Morgan fingerprint density at radius 3 is 2.35 bits per heavy atom. The number of hydrogen-bond acceptors (Lipinski definition) is 3. The van der Waals surface area contributed by atoms with Crippen LogP contribution in [0.5, 0.6) is 0 Å². The average molecular weight is 283 g/mol. The van der Waals surface area contributed by atoms with Crippen molar-refractivity contribution in [1.82, 2.24) is 0 Å². The summed E-state index contributed by atoms with van der Waals surface area (Å²) in [6, 6.07) is 7.73. The molecule has 0 spiro atoms. The quantitative estimate of drug-likeness (QED) is 0.430. The molecule has 0 bridgehead atoms. The molecule has 102 valence electrons. The number of aliphatic carboxylic acids is 1. The summed E-state index contributed by atoms with van der Waals surface area (Å²) >= 11 is 0. The Kier molecular flexibility index (Phi) is 7.27. The van der Waals surface area contributed by atoms with Gasteiger partial charge in [-0.1, -0.05) is 49.6 Å². The third-order valence-electron chi connectivity index (χ3n) is 3.63. The molecule has 0 radical (unpaired) electrons. The Morgan fingerprint density at radius 1 is 1.20 bits per heavy atom. The van der Waals surface area contributed by atoms with E-state index in [2.05, 4.69) is 4.99 Å². The van der Waals surface area contributed by atoms with Gasteiger partial charge in [-0.2, -0.15) is 0 Å². The Hall–Kier alpha value is -0.840. The fourth-order valence-corrected chi connectivity index (χ4v) is 2.59. The van der Waals surface area contributed by atoms with Crippen LogP contribution in [0.25, 0.3) is 0 Å². The molecule has 1 fully saturated rings. The van der Waals surface area contributed by atoms with Crippen LogP contribution in [0, 0.1) is 5.92 Å². The molecule has 0 saturated heterocycles. The van der Waals surface area contributed by atoms with Crippen molar-refractivity contribution in [2.45, 2.75) is 38.1 Å². The van der Waals surface area contributed by atoms with Crippen LogP contribution in [0.4, 0.5) is 0 Å². The van der Waals surface area contributed by atoms with Crippen molar-refractivity contribution in [2.24, 2.45) is 10.9 Å². The summed E-state index contributed by atoms with van der Waals surface area (Å²) in [5.74, 6) is -1.42. The zero-order valence-corrected chi connectivity index (χ0v) is 13.8. The van der Waals surface area contributed by atoms with Gasteiger partial charge >= 0.3 is 35.5 Å². The maximum absolute atomic E-state index is 12.0. The topological polar surface area (TPSA) is 72.7 Å². The molecule has 20 heavy (non-hydrogen) atoms. The van der Waals surface area contributed by atoms with Crippen LogP contribution in [0.15, 0.2) is 35.3 Å². The Labute approximate surface area is 141 Å². The first-order chi connectivity index (χ1) is 9.18. The third-order valence-corrected chi connectivity index (χ3v) is 3.63. The third kappa shape index (κ3) is 4.62. The van der Waals surface area contributed by atoms with Gasteiger partial charge in [-0.15, -0.1) is 0 Å². The van der Waals surface area contributed by atoms with Gasteiger partial charge in [-0.05, 0) is 30.2 Å². The summed E-state index contributed by atoms with van der Waals surface area (Å²) in [5, 5.41) is 21.2. The van der Waals surface area contributed by atoms with Gasteiger partial charge in [-0.3, -0.25) is 4.99 Å². The fraction of sp³-hybridized carbons (Fsp3) is 0.467. The molecular weight excluding hydrogens is 265 g/mol. The molecule has 0 aromatic heterocycles. The standard InChI is InChI=1S/C15H19NO3.Na/c17-14(12-9-5-2-6-10-12)16-13(15(18)19)11-7-3-1-4-8-11;/h2,5-6,9-11,13H,1,3-4,7-8H2,(H,16,17)(H,18,19);/q;+1/p-1/t13-;/m1./s1. The molecule has 0 amide bonds.